The molecule has 1 heterocycles. The van der Waals surface area contributed by atoms with Gasteiger partial charge in [-0.25, -0.2) is 18.1 Å². The van der Waals surface area contributed by atoms with Crippen LogP contribution in [0.1, 0.15) is 58.8 Å². The lowest BCUT2D eigenvalue weighted by Gasteiger charge is -2.39. The molecular formula is C29H37N3O3S. The monoisotopic (exact) mass is 507 g/mol. The van der Waals surface area contributed by atoms with Gasteiger partial charge in [0, 0.05) is 5.41 Å². The van der Waals surface area contributed by atoms with E-state index in [0.29, 0.717) is 5.92 Å². The number of anilines is 2. The Kier molecular flexibility index (Phi) is 5.72. The van der Waals surface area contributed by atoms with Crippen molar-refractivity contribution in [2.24, 2.45) is 22.7 Å². The molecule has 4 aliphatic rings. The van der Waals surface area contributed by atoms with E-state index in [1.165, 1.54) is 4.31 Å². The summed E-state index contributed by atoms with van der Waals surface area (Å²) < 4.78 is 28.8. The molecule has 1 saturated heterocycles. The molecule has 0 aromatic heterocycles. The second kappa shape index (κ2) is 8.59. The van der Waals surface area contributed by atoms with E-state index in [1.807, 2.05) is 65.7 Å². The van der Waals surface area contributed by atoms with Crippen LogP contribution in [0.5, 0.6) is 0 Å². The van der Waals surface area contributed by atoms with Gasteiger partial charge in [-0.05, 0) is 73.6 Å². The molecule has 3 saturated carbocycles. The minimum absolute atomic E-state index is 0.0594. The SMILES string of the molecule is CC1(C)C2CC[C@@]13CS(=O)(=O)N(C(=O)[C@H](NN(c1ccccc1)c1ccccc1)C1CCCC1)C3C2. The fourth-order valence-corrected chi connectivity index (χ4v) is 10.5. The molecule has 1 amide bonds. The number of carbonyl (C=O) groups excluding carboxylic acids is 1. The Hall–Kier alpha value is -2.38. The van der Waals surface area contributed by atoms with Gasteiger partial charge in [0.15, 0.2) is 0 Å². The van der Waals surface area contributed by atoms with E-state index < -0.39 is 16.1 Å². The highest BCUT2D eigenvalue weighted by Gasteiger charge is 2.72. The Morgan fingerprint density at radius 1 is 0.972 bits per heavy atom. The molecule has 6 rings (SSSR count). The summed E-state index contributed by atoms with van der Waals surface area (Å²) in [5, 5.41) is 1.96. The quantitative estimate of drug-likeness (QED) is 0.541. The van der Waals surface area contributed by atoms with Gasteiger partial charge in [0.05, 0.1) is 23.2 Å². The molecule has 1 spiro atoms. The maximum Gasteiger partial charge on any atom is 0.255 e. The van der Waals surface area contributed by atoms with Crippen molar-refractivity contribution in [2.45, 2.75) is 70.9 Å². The number of nitrogens with one attached hydrogen (secondary N) is 1. The molecule has 0 radical (unpaired) electrons. The molecule has 2 bridgehead atoms. The number of amides is 1. The first-order valence-corrected chi connectivity index (χ1v) is 15.1. The van der Waals surface area contributed by atoms with Crippen LogP contribution in [0.15, 0.2) is 60.7 Å². The molecule has 36 heavy (non-hydrogen) atoms. The normalized spacial score (nSPS) is 30.9. The zero-order chi connectivity index (χ0) is 25.1. The predicted octanol–water partition coefficient (Wildman–Crippen LogP) is 5.26. The molecule has 7 heteroatoms. The van der Waals surface area contributed by atoms with Crippen molar-refractivity contribution in [1.82, 2.24) is 9.73 Å². The van der Waals surface area contributed by atoms with E-state index in [-0.39, 0.29) is 34.4 Å². The van der Waals surface area contributed by atoms with E-state index in [9.17, 15) is 13.2 Å². The van der Waals surface area contributed by atoms with E-state index in [1.54, 1.807) is 0 Å². The van der Waals surface area contributed by atoms with Crippen molar-refractivity contribution >= 4 is 27.3 Å². The lowest BCUT2D eigenvalue weighted by Crippen LogP contribution is -2.57. The van der Waals surface area contributed by atoms with Gasteiger partial charge in [-0.3, -0.25) is 9.80 Å². The van der Waals surface area contributed by atoms with Crippen LogP contribution in [-0.4, -0.2) is 36.5 Å². The topological polar surface area (TPSA) is 69.7 Å². The average molecular weight is 508 g/mol. The van der Waals surface area contributed by atoms with Gasteiger partial charge in [0.25, 0.3) is 5.91 Å². The number of hydrogen-bond donors (Lipinski definition) is 1. The van der Waals surface area contributed by atoms with Crippen molar-refractivity contribution in [2.75, 3.05) is 10.8 Å². The first kappa shape index (κ1) is 24.0. The zero-order valence-corrected chi connectivity index (χ0v) is 22.1. The largest absolute Gasteiger partial charge is 0.276 e. The minimum Gasteiger partial charge on any atom is -0.276 e. The van der Waals surface area contributed by atoms with Crippen molar-refractivity contribution in [1.29, 1.82) is 0 Å². The van der Waals surface area contributed by atoms with Crippen LogP contribution in [-0.2, 0) is 14.8 Å². The third-order valence-corrected chi connectivity index (χ3v) is 12.0. The number of sulfonamides is 1. The molecule has 2 aromatic rings. The van der Waals surface area contributed by atoms with Gasteiger partial charge < -0.3 is 0 Å². The molecule has 3 aliphatic carbocycles. The number of hydrazine groups is 1. The van der Waals surface area contributed by atoms with E-state index in [4.69, 9.17) is 0 Å². The summed E-state index contributed by atoms with van der Waals surface area (Å²) in [4.78, 5) is 14.4. The number of nitrogens with zero attached hydrogens (tertiary/aromatic N) is 2. The molecule has 1 N–H and O–H groups in total. The fourth-order valence-electron chi connectivity index (χ4n) is 7.96. The average Bonchev–Trinajstić information content (AvgIpc) is 3.58. The number of rotatable bonds is 6. The van der Waals surface area contributed by atoms with Crippen molar-refractivity contribution in [3.8, 4) is 0 Å². The fraction of sp³-hybridized carbons (Fsp3) is 0.552. The van der Waals surface area contributed by atoms with Crippen LogP contribution in [0, 0.1) is 22.7 Å². The third kappa shape index (κ3) is 3.53. The van der Waals surface area contributed by atoms with Gasteiger partial charge in [-0.1, -0.05) is 63.1 Å². The Labute approximate surface area is 215 Å². The third-order valence-electron chi connectivity index (χ3n) is 10.1. The Bertz CT molecular complexity index is 1190. The molecule has 2 aromatic carbocycles. The number of fused-ring (bicyclic) bond motifs is 1. The van der Waals surface area contributed by atoms with Crippen LogP contribution in [0.2, 0.25) is 0 Å². The van der Waals surface area contributed by atoms with Crippen molar-refractivity contribution in [3.05, 3.63) is 60.7 Å². The maximum absolute atomic E-state index is 14.4. The highest BCUT2D eigenvalue weighted by molar-refractivity contribution is 7.90. The van der Waals surface area contributed by atoms with Gasteiger partial charge in [0.2, 0.25) is 10.0 Å². The lowest BCUT2D eigenvalue weighted by atomic mass is 9.69. The summed E-state index contributed by atoms with van der Waals surface area (Å²) in [7, 11) is -3.67. The van der Waals surface area contributed by atoms with Crippen LogP contribution < -0.4 is 10.4 Å². The van der Waals surface area contributed by atoms with E-state index in [2.05, 4.69) is 19.3 Å². The summed E-state index contributed by atoms with van der Waals surface area (Å²) in [6.45, 7) is 4.46. The number of hydrogen-bond acceptors (Lipinski definition) is 5. The summed E-state index contributed by atoms with van der Waals surface area (Å²) in [6.07, 6.45) is 6.78. The van der Waals surface area contributed by atoms with Gasteiger partial charge in [0.1, 0.15) is 6.04 Å². The Morgan fingerprint density at radius 2 is 1.56 bits per heavy atom. The molecule has 4 fully saturated rings. The molecule has 1 aliphatic heterocycles. The summed E-state index contributed by atoms with van der Waals surface area (Å²) in [6, 6.07) is 19.1. The van der Waals surface area contributed by atoms with Gasteiger partial charge in [-0.15, -0.1) is 0 Å². The van der Waals surface area contributed by atoms with Crippen LogP contribution in [0.25, 0.3) is 0 Å². The molecule has 2 unspecified atom stereocenters. The second-order valence-electron chi connectivity index (χ2n) is 11.9. The van der Waals surface area contributed by atoms with Crippen LogP contribution in [0.3, 0.4) is 0 Å². The molecular weight excluding hydrogens is 470 g/mol. The lowest BCUT2D eigenvalue weighted by molar-refractivity contribution is -0.132. The highest BCUT2D eigenvalue weighted by Crippen LogP contribution is 2.70. The standard InChI is InChI=1S/C29H37N3O3S/c1-28(2)22-17-18-29(28)20-36(34,35)32(25(29)19-22)27(33)26(21-11-9-10-12-21)30-31(23-13-5-3-6-14-23)24-15-7-4-8-16-24/h3-8,13-16,21-22,25-26,30H,9-12,17-20H2,1-2H3/t22?,25?,26-,29+/m1/s1. The predicted molar refractivity (Wildman–Crippen MR) is 142 cm³/mol. The second-order valence-corrected chi connectivity index (χ2v) is 13.8. The number of para-hydroxylation sites is 2. The van der Waals surface area contributed by atoms with Crippen LogP contribution in [0.4, 0.5) is 11.4 Å². The first-order valence-electron chi connectivity index (χ1n) is 13.5. The van der Waals surface area contributed by atoms with Gasteiger partial charge in [-0.2, -0.15) is 0 Å². The Morgan fingerprint density at radius 3 is 2.11 bits per heavy atom. The van der Waals surface area contributed by atoms with Crippen LogP contribution >= 0.6 is 0 Å². The van der Waals surface area contributed by atoms with Crippen molar-refractivity contribution in [3.63, 3.8) is 0 Å². The van der Waals surface area contributed by atoms with Crippen molar-refractivity contribution < 1.29 is 13.2 Å². The summed E-state index contributed by atoms with van der Waals surface area (Å²) in [5.41, 5.74) is 5.02. The first-order chi connectivity index (χ1) is 17.2. The van der Waals surface area contributed by atoms with E-state index >= 15 is 0 Å². The number of benzene rings is 2. The molecule has 6 nitrogen and oxygen atoms in total. The molecule has 4 atom stereocenters. The van der Waals surface area contributed by atoms with Gasteiger partial charge >= 0.3 is 0 Å². The number of carbonyl (C=O) groups is 1. The maximum atomic E-state index is 14.4. The minimum atomic E-state index is -3.67. The summed E-state index contributed by atoms with van der Waals surface area (Å²) >= 11 is 0. The van der Waals surface area contributed by atoms with E-state index in [0.717, 1.165) is 56.3 Å². The Balaban J connectivity index is 1.38. The zero-order valence-electron chi connectivity index (χ0n) is 21.3. The smallest absolute Gasteiger partial charge is 0.255 e. The summed E-state index contributed by atoms with van der Waals surface area (Å²) in [5.74, 6) is 0.435. The highest BCUT2D eigenvalue weighted by atomic mass is 32.2. The molecule has 192 valence electrons.